The molecule has 0 bridgehead atoms. The van der Waals surface area contributed by atoms with Crippen LogP contribution in [0.5, 0.6) is 0 Å². The van der Waals surface area contributed by atoms with Crippen molar-refractivity contribution < 1.29 is 4.79 Å². The topological polar surface area (TPSA) is 35.6 Å². The molecule has 2 aliphatic rings. The molecule has 1 spiro atoms. The summed E-state index contributed by atoms with van der Waals surface area (Å²) < 4.78 is 0. The lowest BCUT2D eigenvalue weighted by Crippen LogP contribution is -2.39. The number of amides is 1. The van der Waals surface area contributed by atoms with Gasteiger partial charge in [0, 0.05) is 12.6 Å². The van der Waals surface area contributed by atoms with Gasteiger partial charge in [-0.05, 0) is 53.1 Å². The van der Waals surface area contributed by atoms with Crippen molar-refractivity contribution in [3.63, 3.8) is 0 Å². The molecule has 4 nitrogen and oxygen atoms in total. The molecule has 1 saturated carbocycles. The monoisotopic (exact) mass is 253 g/mol. The van der Waals surface area contributed by atoms with Crippen LogP contribution in [0.2, 0.25) is 0 Å². The standard InChI is InChI=1S/C14H27N3O/c1-5-12-15-14(7-8-14)13(18)17(12)10-6-9-16(4)11(2)3/h11-12,15H,5-10H2,1-4H3. The van der Waals surface area contributed by atoms with E-state index < -0.39 is 0 Å². The summed E-state index contributed by atoms with van der Waals surface area (Å²) in [6.07, 6.45) is 4.40. The maximum Gasteiger partial charge on any atom is 0.244 e. The van der Waals surface area contributed by atoms with Gasteiger partial charge in [0.15, 0.2) is 0 Å². The highest BCUT2D eigenvalue weighted by atomic mass is 16.2. The van der Waals surface area contributed by atoms with Crippen LogP contribution in [0.15, 0.2) is 0 Å². The highest BCUT2D eigenvalue weighted by Gasteiger charge is 2.58. The zero-order chi connectivity index (χ0) is 13.3. The van der Waals surface area contributed by atoms with E-state index in [9.17, 15) is 4.79 Å². The van der Waals surface area contributed by atoms with Crippen LogP contribution in [0.25, 0.3) is 0 Å². The minimum atomic E-state index is -0.148. The Labute approximate surface area is 111 Å². The quantitative estimate of drug-likeness (QED) is 0.777. The lowest BCUT2D eigenvalue weighted by atomic mass is 10.2. The van der Waals surface area contributed by atoms with Gasteiger partial charge in [0.2, 0.25) is 5.91 Å². The van der Waals surface area contributed by atoms with Crippen molar-refractivity contribution in [1.82, 2.24) is 15.1 Å². The molecule has 1 aliphatic carbocycles. The molecule has 1 unspecified atom stereocenters. The lowest BCUT2D eigenvalue weighted by Gasteiger charge is -2.26. The van der Waals surface area contributed by atoms with Gasteiger partial charge in [-0.3, -0.25) is 10.1 Å². The van der Waals surface area contributed by atoms with Gasteiger partial charge in [-0.15, -0.1) is 0 Å². The number of carbonyl (C=O) groups excluding carboxylic acids is 1. The molecule has 104 valence electrons. The van der Waals surface area contributed by atoms with Gasteiger partial charge in [-0.25, -0.2) is 0 Å². The van der Waals surface area contributed by atoms with Crippen molar-refractivity contribution in [2.75, 3.05) is 20.1 Å². The Morgan fingerprint density at radius 1 is 1.50 bits per heavy atom. The fraction of sp³-hybridized carbons (Fsp3) is 0.929. The largest absolute Gasteiger partial charge is 0.326 e. The normalized spacial score (nSPS) is 25.8. The molecular formula is C14H27N3O. The molecule has 1 amide bonds. The van der Waals surface area contributed by atoms with Gasteiger partial charge in [0.1, 0.15) is 0 Å². The van der Waals surface area contributed by atoms with Crippen LogP contribution >= 0.6 is 0 Å². The van der Waals surface area contributed by atoms with Crippen LogP contribution in [0, 0.1) is 0 Å². The second-order valence-electron chi connectivity index (χ2n) is 6.08. The number of nitrogens with zero attached hydrogens (tertiary/aromatic N) is 2. The van der Waals surface area contributed by atoms with Gasteiger partial charge < -0.3 is 9.80 Å². The molecule has 0 aromatic rings. The molecule has 1 N–H and O–H groups in total. The number of hydrogen-bond donors (Lipinski definition) is 1. The summed E-state index contributed by atoms with van der Waals surface area (Å²) in [4.78, 5) is 16.7. The minimum Gasteiger partial charge on any atom is -0.326 e. The fourth-order valence-corrected chi connectivity index (χ4v) is 2.69. The molecular weight excluding hydrogens is 226 g/mol. The first-order chi connectivity index (χ1) is 8.50. The zero-order valence-corrected chi connectivity index (χ0v) is 12.2. The molecule has 0 radical (unpaired) electrons. The second kappa shape index (κ2) is 5.17. The Morgan fingerprint density at radius 3 is 2.67 bits per heavy atom. The third kappa shape index (κ3) is 2.54. The molecule has 1 atom stereocenters. The fourth-order valence-electron chi connectivity index (χ4n) is 2.69. The summed E-state index contributed by atoms with van der Waals surface area (Å²) in [6.45, 7) is 8.51. The van der Waals surface area contributed by atoms with E-state index in [1.807, 2.05) is 0 Å². The minimum absolute atomic E-state index is 0.148. The van der Waals surface area contributed by atoms with Crippen molar-refractivity contribution in [1.29, 1.82) is 0 Å². The van der Waals surface area contributed by atoms with Crippen molar-refractivity contribution in [2.24, 2.45) is 0 Å². The van der Waals surface area contributed by atoms with Crippen LogP contribution in [0.3, 0.4) is 0 Å². The van der Waals surface area contributed by atoms with E-state index in [0.29, 0.717) is 11.9 Å². The number of carbonyl (C=O) groups is 1. The van der Waals surface area contributed by atoms with Crippen LogP contribution in [0.1, 0.15) is 46.5 Å². The van der Waals surface area contributed by atoms with Gasteiger partial charge in [-0.1, -0.05) is 6.92 Å². The predicted octanol–water partition coefficient (Wildman–Crippen LogP) is 1.42. The van der Waals surface area contributed by atoms with E-state index in [0.717, 1.165) is 38.8 Å². The highest BCUT2D eigenvalue weighted by molar-refractivity contribution is 5.91. The zero-order valence-electron chi connectivity index (χ0n) is 12.2. The van der Waals surface area contributed by atoms with E-state index in [4.69, 9.17) is 0 Å². The summed E-state index contributed by atoms with van der Waals surface area (Å²) in [5, 5.41) is 3.51. The average Bonchev–Trinajstić information content (AvgIpc) is 3.06. The molecule has 1 aliphatic heterocycles. The van der Waals surface area contributed by atoms with Crippen LogP contribution < -0.4 is 5.32 Å². The Balaban J connectivity index is 1.82. The Bertz CT molecular complexity index is 312. The molecule has 0 aromatic carbocycles. The molecule has 4 heteroatoms. The smallest absolute Gasteiger partial charge is 0.244 e. The third-order valence-corrected chi connectivity index (χ3v) is 4.42. The molecule has 1 heterocycles. The van der Waals surface area contributed by atoms with Gasteiger partial charge >= 0.3 is 0 Å². The average molecular weight is 253 g/mol. The summed E-state index contributed by atoms with van der Waals surface area (Å²) in [7, 11) is 2.15. The van der Waals surface area contributed by atoms with E-state index in [1.165, 1.54) is 0 Å². The summed E-state index contributed by atoms with van der Waals surface area (Å²) >= 11 is 0. The lowest BCUT2D eigenvalue weighted by molar-refractivity contribution is -0.130. The third-order valence-electron chi connectivity index (χ3n) is 4.42. The number of hydrogen-bond acceptors (Lipinski definition) is 3. The predicted molar refractivity (Wildman–Crippen MR) is 73.3 cm³/mol. The first-order valence-corrected chi connectivity index (χ1v) is 7.29. The van der Waals surface area contributed by atoms with Crippen molar-refractivity contribution in [2.45, 2.75) is 64.2 Å². The molecule has 0 aromatic heterocycles. The molecule has 1 saturated heterocycles. The molecule has 2 rings (SSSR count). The van der Waals surface area contributed by atoms with Crippen molar-refractivity contribution in [3.05, 3.63) is 0 Å². The summed E-state index contributed by atoms with van der Waals surface area (Å²) in [5.74, 6) is 0.349. The first kappa shape index (κ1) is 13.8. The Morgan fingerprint density at radius 2 is 2.17 bits per heavy atom. The SMILES string of the molecule is CCC1NC2(CC2)C(=O)N1CCCN(C)C(C)C. The van der Waals surface area contributed by atoms with E-state index in [2.05, 4.69) is 42.9 Å². The van der Waals surface area contributed by atoms with Gasteiger partial charge in [0.25, 0.3) is 0 Å². The summed E-state index contributed by atoms with van der Waals surface area (Å²) in [6, 6.07) is 0.578. The van der Waals surface area contributed by atoms with E-state index in [-0.39, 0.29) is 11.7 Å². The van der Waals surface area contributed by atoms with Gasteiger partial charge in [0.05, 0.1) is 11.7 Å². The number of rotatable bonds is 6. The second-order valence-corrected chi connectivity index (χ2v) is 6.08. The first-order valence-electron chi connectivity index (χ1n) is 7.29. The van der Waals surface area contributed by atoms with Crippen molar-refractivity contribution in [3.8, 4) is 0 Å². The summed E-state index contributed by atoms with van der Waals surface area (Å²) in [5.41, 5.74) is -0.148. The van der Waals surface area contributed by atoms with E-state index >= 15 is 0 Å². The Hall–Kier alpha value is -0.610. The van der Waals surface area contributed by atoms with Gasteiger partial charge in [-0.2, -0.15) is 0 Å². The highest BCUT2D eigenvalue weighted by Crippen LogP contribution is 2.42. The van der Waals surface area contributed by atoms with Crippen LogP contribution in [0.4, 0.5) is 0 Å². The maximum atomic E-state index is 12.3. The number of nitrogens with one attached hydrogen (secondary N) is 1. The maximum absolute atomic E-state index is 12.3. The molecule has 18 heavy (non-hydrogen) atoms. The van der Waals surface area contributed by atoms with E-state index in [1.54, 1.807) is 0 Å². The van der Waals surface area contributed by atoms with Crippen LogP contribution in [-0.2, 0) is 4.79 Å². The Kier molecular flexibility index (Phi) is 3.97. The van der Waals surface area contributed by atoms with Crippen molar-refractivity contribution >= 4 is 5.91 Å². The van der Waals surface area contributed by atoms with Crippen LogP contribution in [-0.4, -0.2) is 53.6 Å². The molecule has 2 fully saturated rings.